The molecule has 0 unspecified atom stereocenters. The van der Waals surface area contributed by atoms with Crippen LogP contribution in [-0.2, 0) is 14.8 Å². The van der Waals surface area contributed by atoms with Crippen molar-refractivity contribution in [2.45, 2.75) is 49.5 Å². The molecule has 1 aliphatic carbocycles. The minimum absolute atomic E-state index is 0.0902. The van der Waals surface area contributed by atoms with Crippen LogP contribution in [0, 0.1) is 0 Å². The maximum Gasteiger partial charge on any atom is 0.240 e. The predicted molar refractivity (Wildman–Crippen MR) is 87.8 cm³/mol. The van der Waals surface area contributed by atoms with Crippen molar-refractivity contribution in [1.82, 2.24) is 10.0 Å². The maximum atomic E-state index is 12.1. The Bertz CT molecular complexity index is 607. The van der Waals surface area contributed by atoms with Gasteiger partial charge in [0.15, 0.2) is 0 Å². The molecule has 1 aromatic rings. The molecule has 0 spiro atoms. The zero-order valence-electron chi connectivity index (χ0n) is 13.4. The van der Waals surface area contributed by atoms with Gasteiger partial charge in [-0.15, -0.1) is 0 Å². The Labute approximate surface area is 137 Å². The largest absolute Gasteiger partial charge is 0.497 e. The van der Waals surface area contributed by atoms with Gasteiger partial charge in [0.05, 0.1) is 12.0 Å². The van der Waals surface area contributed by atoms with E-state index in [9.17, 15) is 13.2 Å². The maximum absolute atomic E-state index is 12.1. The second kappa shape index (κ2) is 8.31. The molecule has 7 heteroatoms. The first-order valence-electron chi connectivity index (χ1n) is 7.94. The van der Waals surface area contributed by atoms with Crippen LogP contribution in [0.15, 0.2) is 29.2 Å². The molecule has 2 rings (SSSR count). The monoisotopic (exact) mass is 340 g/mol. The summed E-state index contributed by atoms with van der Waals surface area (Å²) in [5.74, 6) is 0.491. The van der Waals surface area contributed by atoms with Gasteiger partial charge in [0.25, 0.3) is 0 Å². The lowest BCUT2D eigenvalue weighted by Crippen LogP contribution is -2.38. The average molecular weight is 340 g/mol. The molecule has 0 aliphatic heterocycles. The van der Waals surface area contributed by atoms with Gasteiger partial charge < -0.3 is 10.1 Å². The van der Waals surface area contributed by atoms with Crippen LogP contribution in [-0.4, -0.2) is 34.0 Å². The number of ether oxygens (including phenoxy) is 1. The average Bonchev–Trinajstić information content (AvgIpc) is 2.55. The first kappa shape index (κ1) is 17.7. The molecule has 0 radical (unpaired) electrons. The van der Waals surface area contributed by atoms with Gasteiger partial charge in [-0.25, -0.2) is 13.1 Å². The predicted octanol–water partition coefficient (Wildman–Crippen LogP) is 1.81. The van der Waals surface area contributed by atoms with E-state index >= 15 is 0 Å². The van der Waals surface area contributed by atoms with Crippen molar-refractivity contribution >= 4 is 15.9 Å². The van der Waals surface area contributed by atoms with Crippen molar-refractivity contribution in [3.05, 3.63) is 24.3 Å². The first-order chi connectivity index (χ1) is 11.0. The number of amides is 1. The van der Waals surface area contributed by atoms with Gasteiger partial charge in [0.2, 0.25) is 15.9 Å². The summed E-state index contributed by atoms with van der Waals surface area (Å²) >= 11 is 0. The number of hydrogen-bond acceptors (Lipinski definition) is 4. The number of sulfonamides is 1. The fraction of sp³-hybridized carbons (Fsp3) is 0.562. The van der Waals surface area contributed by atoms with Crippen molar-refractivity contribution < 1.29 is 17.9 Å². The van der Waals surface area contributed by atoms with E-state index in [0.717, 1.165) is 25.7 Å². The molecule has 0 aromatic heterocycles. The van der Waals surface area contributed by atoms with Crippen LogP contribution in [0.5, 0.6) is 5.75 Å². The highest BCUT2D eigenvalue weighted by atomic mass is 32.2. The van der Waals surface area contributed by atoms with Crippen LogP contribution >= 0.6 is 0 Å². The highest BCUT2D eigenvalue weighted by Gasteiger charge is 2.17. The SMILES string of the molecule is COc1ccc(S(=O)(=O)NCCC(=O)NC2CCCCC2)cc1. The van der Waals surface area contributed by atoms with E-state index in [0.29, 0.717) is 5.75 Å². The van der Waals surface area contributed by atoms with Gasteiger partial charge in [-0.05, 0) is 37.1 Å². The molecule has 128 valence electrons. The minimum Gasteiger partial charge on any atom is -0.497 e. The Morgan fingerprint density at radius 1 is 1.17 bits per heavy atom. The summed E-state index contributed by atoms with van der Waals surface area (Å²) in [4.78, 5) is 12.0. The van der Waals surface area contributed by atoms with Crippen LogP contribution in [0.1, 0.15) is 38.5 Å². The fourth-order valence-electron chi connectivity index (χ4n) is 2.68. The van der Waals surface area contributed by atoms with Crippen LogP contribution < -0.4 is 14.8 Å². The van der Waals surface area contributed by atoms with Crippen LogP contribution in [0.3, 0.4) is 0 Å². The van der Waals surface area contributed by atoms with Crippen molar-refractivity contribution in [3.63, 3.8) is 0 Å². The molecule has 1 aromatic carbocycles. The highest BCUT2D eigenvalue weighted by Crippen LogP contribution is 2.17. The summed E-state index contributed by atoms with van der Waals surface area (Å²) < 4.78 is 31.7. The van der Waals surface area contributed by atoms with E-state index in [2.05, 4.69) is 10.0 Å². The van der Waals surface area contributed by atoms with Gasteiger partial charge in [-0.3, -0.25) is 4.79 Å². The van der Waals surface area contributed by atoms with Gasteiger partial charge in [-0.1, -0.05) is 19.3 Å². The van der Waals surface area contributed by atoms with E-state index in [1.54, 1.807) is 12.1 Å². The molecule has 1 aliphatic rings. The Balaban J connectivity index is 1.78. The molecule has 1 saturated carbocycles. The van der Waals surface area contributed by atoms with Crippen LogP contribution in [0.4, 0.5) is 0 Å². The third kappa shape index (κ3) is 5.51. The number of carbonyl (C=O) groups excluding carboxylic acids is 1. The lowest BCUT2D eigenvalue weighted by atomic mass is 9.95. The second-order valence-corrected chi connectivity index (χ2v) is 7.49. The topological polar surface area (TPSA) is 84.5 Å². The lowest BCUT2D eigenvalue weighted by molar-refractivity contribution is -0.121. The fourth-order valence-corrected chi connectivity index (χ4v) is 3.72. The van der Waals surface area contributed by atoms with E-state index < -0.39 is 10.0 Å². The molecule has 0 heterocycles. The Kier molecular flexibility index (Phi) is 6.41. The van der Waals surface area contributed by atoms with Crippen LogP contribution in [0.25, 0.3) is 0 Å². The molecule has 1 amide bonds. The minimum atomic E-state index is -3.60. The summed E-state index contributed by atoms with van der Waals surface area (Å²) in [6, 6.07) is 6.37. The molecular weight excluding hydrogens is 316 g/mol. The summed E-state index contributed by atoms with van der Waals surface area (Å²) in [5.41, 5.74) is 0. The third-order valence-electron chi connectivity index (χ3n) is 3.98. The zero-order valence-corrected chi connectivity index (χ0v) is 14.2. The Morgan fingerprint density at radius 2 is 1.83 bits per heavy atom. The number of rotatable bonds is 7. The lowest BCUT2D eigenvalue weighted by Gasteiger charge is -2.22. The smallest absolute Gasteiger partial charge is 0.240 e. The summed E-state index contributed by atoms with van der Waals surface area (Å²) in [6.07, 6.45) is 5.70. The van der Waals surface area contributed by atoms with E-state index in [4.69, 9.17) is 4.74 Å². The standard InChI is InChI=1S/C16H24N2O4S/c1-22-14-7-9-15(10-8-14)23(20,21)17-12-11-16(19)18-13-5-3-2-4-6-13/h7-10,13,17H,2-6,11-12H2,1H3,(H,18,19). The molecule has 6 nitrogen and oxygen atoms in total. The van der Waals surface area contributed by atoms with E-state index in [1.165, 1.54) is 25.7 Å². The van der Waals surface area contributed by atoms with E-state index in [-0.39, 0.29) is 29.8 Å². The number of hydrogen-bond donors (Lipinski definition) is 2. The summed E-state index contributed by atoms with van der Waals surface area (Å²) in [5, 5.41) is 2.97. The Morgan fingerprint density at radius 3 is 2.43 bits per heavy atom. The molecular formula is C16H24N2O4S. The Hall–Kier alpha value is -1.60. The first-order valence-corrected chi connectivity index (χ1v) is 9.42. The van der Waals surface area contributed by atoms with Gasteiger partial charge in [0.1, 0.15) is 5.75 Å². The zero-order chi connectivity index (χ0) is 16.7. The summed E-state index contributed by atoms with van der Waals surface area (Å²) in [6.45, 7) is 0.0902. The molecule has 1 fully saturated rings. The molecule has 23 heavy (non-hydrogen) atoms. The van der Waals surface area contributed by atoms with Gasteiger partial charge in [-0.2, -0.15) is 0 Å². The van der Waals surface area contributed by atoms with Crippen molar-refractivity contribution in [3.8, 4) is 5.75 Å². The molecule has 0 atom stereocenters. The number of methoxy groups -OCH3 is 1. The van der Waals surface area contributed by atoms with Crippen molar-refractivity contribution in [1.29, 1.82) is 0 Å². The number of carbonyl (C=O) groups is 1. The molecule has 0 saturated heterocycles. The van der Waals surface area contributed by atoms with E-state index in [1.807, 2.05) is 0 Å². The van der Waals surface area contributed by atoms with Crippen molar-refractivity contribution in [2.24, 2.45) is 0 Å². The third-order valence-corrected chi connectivity index (χ3v) is 5.46. The van der Waals surface area contributed by atoms with Gasteiger partial charge in [0, 0.05) is 19.0 Å². The van der Waals surface area contributed by atoms with Gasteiger partial charge >= 0.3 is 0 Å². The molecule has 0 bridgehead atoms. The summed E-state index contributed by atoms with van der Waals surface area (Å²) in [7, 11) is -2.08. The number of nitrogens with one attached hydrogen (secondary N) is 2. The number of benzene rings is 1. The van der Waals surface area contributed by atoms with Crippen molar-refractivity contribution in [2.75, 3.05) is 13.7 Å². The molecule has 2 N–H and O–H groups in total. The second-order valence-electron chi connectivity index (χ2n) is 5.73. The highest BCUT2D eigenvalue weighted by molar-refractivity contribution is 7.89. The van der Waals surface area contributed by atoms with Crippen LogP contribution in [0.2, 0.25) is 0 Å². The normalized spacial score (nSPS) is 16.0. The quantitative estimate of drug-likeness (QED) is 0.793.